The van der Waals surface area contributed by atoms with E-state index in [0.717, 1.165) is 18.5 Å². The number of anilines is 1. The molecule has 0 radical (unpaired) electrons. The summed E-state index contributed by atoms with van der Waals surface area (Å²) in [6.07, 6.45) is 4.75. The lowest BCUT2D eigenvalue weighted by Crippen LogP contribution is -2.31. The molecule has 0 aromatic carbocycles. The van der Waals surface area contributed by atoms with Gasteiger partial charge in [0.15, 0.2) is 0 Å². The summed E-state index contributed by atoms with van der Waals surface area (Å²) < 4.78 is 5.31. The number of carbonyl (C=O) groups is 1. The number of pyridine rings is 1. The van der Waals surface area contributed by atoms with Crippen molar-refractivity contribution < 1.29 is 9.53 Å². The zero-order chi connectivity index (χ0) is 15.5. The summed E-state index contributed by atoms with van der Waals surface area (Å²) in [5.74, 6) is 0.602. The van der Waals surface area contributed by atoms with Gasteiger partial charge in [0.2, 0.25) is 0 Å². The maximum absolute atomic E-state index is 12.0. The van der Waals surface area contributed by atoms with Gasteiger partial charge in [-0.2, -0.15) is 0 Å². The third-order valence-corrected chi connectivity index (χ3v) is 3.59. The average molecular weight is 291 g/mol. The van der Waals surface area contributed by atoms with Gasteiger partial charge in [-0.05, 0) is 53.3 Å². The second-order valence-electron chi connectivity index (χ2n) is 6.56. The quantitative estimate of drug-likeness (QED) is 0.904. The number of nitrogens with one attached hydrogen (secondary N) is 1. The van der Waals surface area contributed by atoms with E-state index in [1.54, 1.807) is 6.20 Å². The summed E-state index contributed by atoms with van der Waals surface area (Å²) in [7, 11) is 2.12. The molecule has 1 amide bonds. The van der Waals surface area contributed by atoms with Crippen molar-refractivity contribution in [2.45, 2.75) is 51.7 Å². The Balaban J connectivity index is 2.15. The van der Waals surface area contributed by atoms with Crippen molar-refractivity contribution in [3.63, 3.8) is 0 Å². The second-order valence-corrected chi connectivity index (χ2v) is 6.56. The fourth-order valence-electron chi connectivity index (χ4n) is 2.66. The number of nitrogens with zero attached hydrogens (tertiary/aromatic N) is 2. The third-order valence-electron chi connectivity index (χ3n) is 3.59. The topological polar surface area (TPSA) is 54.5 Å². The van der Waals surface area contributed by atoms with Crippen LogP contribution in [-0.2, 0) is 4.74 Å². The lowest BCUT2D eigenvalue weighted by molar-refractivity contribution is 0.0634. The van der Waals surface area contributed by atoms with Crippen molar-refractivity contribution in [3.8, 4) is 0 Å². The van der Waals surface area contributed by atoms with Crippen molar-refractivity contribution in [1.82, 2.24) is 9.88 Å². The number of rotatable bonds is 2. The van der Waals surface area contributed by atoms with E-state index in [4.69, 9.17) is 4.74 Å². The van der Waals surface area contributed by atoms with Crippen molar-refractivity contribution in [3.05, 3.63) is 23.9 Å². The van der Waals surface area contributed by atoms with Crippen LogP contribution in [0, 0.1) is 0 Å². The van der Waals surface area contributed by atoms with E-state index in [2.05, 4.69) is 22.2 Å². The first-order valence-corrected chi connectivity index (χ1v) is 7.52. The zero-order valence-corrected chi connectivity index (χ0v) is 13.3. The fourth-order valence-corrected chi connectivity index (χ4v) is 2.66. The van der Waals surface area contributed by atoms with Gasteiger partial charge in [0, 0.05) is 17.8 Å². The van der Waals surface area contributed by atoms with Gasteiger partial charge < -0.3 is 4.74 Å². The zero-order valence-electron chi connectivity index (χ0n) is 13.3. The minimum Gasteiger partial charge on any atom is -0.444 e. The minimum atomic E-state index is -0.513. The van der Waals surface area contributed by atoms with E-state index >= 15 is 0 Å². The molecule has 0 bridgehead atoms. The Morgan fingerprint density at radius 3 is 2.86 bits per heavy atom. The number of piperidine rings is 1. The van der Waals surface area contributed by atoms with Gasteiger partial charge in [0.1, 0.15) is 11.4 Å². The van der Waals surface area contributed by atoms with Crippen molar-refractivity contribution in [1.29, 1.82) is 0 Å². The van der Waals surface area contributed by atoms with Gasteiger partial charge in [-0.15, -0.1) is 0 Å². The van der Waals surface area contributed by atoms with Gasteiger partial charge in [-0.1, -0.05) is 12.5 Å². The molecule has 1 aliphatic rings. The van der Waals surface area contributed by atoms with Crippen LogP contribution in [0.25, 0.3) is 0 Å². The van der Waals surface area contributed by atoms with E-state index in [0.29, 0.717) is 11.9 Å². The molecule has 0 saturated carbocycles. The molecule has 1 aliphatic heterocycles. The predicted octanol–water partition coefficient (Wildman–Crippen LogP) is 3.59. The van der Waals surface area contributed by atoms with Gasteiger partial charge >= 0.3 is 6.09 Å². The molecular formula is C16H25N3O2. The van der Waals surface area contributed by atoms with Gasteiger partial charge in [-0.25, -0.2) is 9.78 Å². The Hall–Kier alpha value is -1.62. The predicted molar refractivity (Wildman–Crippen MR) is 83.3 cm³/mol. The molecule has 1 saturated heterocycles. The largest absolute Gasteiger partial charge is 0.444 e. The van der Waals surface area contributed by atoms with Crippen LogP contribution in [0.1, 0.15) is 51.6 Å². The molecule has 1 atom stereocenters. The Bertz CT molecular complexity index is 497. The van der Waals surface area contributed by atoms with E-state index in [1.165, 1.54) is 12.8 Å². The van der Waals surface area contributed by atoms with Crippen molar-refractivity contribution >= 4 is 11.9 Å². The molecule has 5 heteroatoms. The molecule has 116 valence electrons. The van der Waals surface area contributed by atoms with Gasteiger partial charge in [0.25, 0.3) is 0 Å². The van der Waals surface area contributed by atoms with E-state index in [1.807, 2.05) is 32.9 Å². The highest BCUT2D eigenvalue weighted by molar-refractivity contribution is 5.84. The van der Waals surface area contributed by atoms with E-state index < -0.39 is 11.7 Å². The molecule has 1 N–H and O–H groups in total. The first-order valence-electron chi connectivity index (χ1n) is 7.52. The Labute approximate surface area is 126 Å². The van der Waals surface area contributed by atoms with Gasteiger partial charge in [-0.3, -0.25) is 10.2 Å². The minimum absolute atomic E-state index is 0.303. The summed E-state index contributed by atoms with van der Waals surface area (Å²) >= 11 is 0. The molecule has 2 heterocycles. The average Bonchev–Trinajstić information content (AvgIpc) is 2.38. The lowest BCUT2D eigenvalue weighted by atomic mass is 9.96. The molecule has 5 nitrogen and oxygen atoms in total. The SMILES string of the molecule is CN1CCCC[C@@H]1c1cccnc1NC(=O)OC(C)(C)C. The monoisotopic (exact) mass is 291 g/mol. The molecule has 0 spiro atoms. The Morgan fingerprint density at radius 2 is 2.19 bits per heavy atom. The maximum Gasteiger partial charge on any atom is 0.413 e. The maximum atomic E-state index is 12.0. The van der Waals surface area contributed by atoms with Crippen LogP contribution in [-0.4, -0.2) is 35.2 Å². The van der Waals surface area contributed by atoms with Crippen LogP contribution in [0.3, 0.4) is 0 Å². The van der Waals surface area contributed by atoms with Crippen LogP contribution in [0.5, 0.6) is 0 Å². The first-order chi connectivity index (χ1) is 9.87. The summed E-state index contributed by atoms with van der Waals surface area (Å²) in [5.41, 5.74) is 0.547. The number of carbonyl (C=O) groups excluding carboxylic acids is 1. The summed E-state index contributed by atoms with van der Waals surface area (Å²) in [5, 5.41) is 2.79. The summed E-state index contributed by atoms with van der Waals surface area (Å²) in [4.78, 5) is 18.6. The molecule has 1 aromatic heterocycles. The summed E-state index contributed by atoms with van der Waals surface area (Å²) in [6, 6.07) is 4.25. The molecule has 2 rings (SSSR count). The van der Waals surface area contributed by atoms with Crippen LogP contribution >= 0.6 is 0 Å². The fraction of sp³-hybridized carbons (Fsp3) is 0.625. The normalized spacial score (nSPS) is 20.1. The van der Waals surface area contributed by atoms with Crippen LogP contribution in [0.15, 0.2) is 18.3 Å². The number of hydrogen-bond donors (Lipinski definition) is 1. The van der Waals surface area contributed by atoms with Crippen molar-refractivity contribution in [2.75, 3.05) is 18.9 Å². The van der Waals surface area contributed by atoms with E-state index in [9.17, 15) is 4.79 Å². The van der Waals surface area contributed by atoms with Crippen LogP contribution in [0.4, 0.5) is 10.6 Å². The smallest absolute Gasteiger partial charge is 0.413 e. The van der Waals surface area contributed by atoms with Gasteiger partial charge in [0.05, 0.1) is 0 Å². The second kappa shape index (κ2) is 6.43. The molecule has 0 aliphatic carbocycles. The Kier molecular flexibility index (Phi) is 4.83. The van der Waals surface area contributed by atoms with Crippen molar-refractivity contribution in [2.24, 2.45) is 0 Å². The first kappa shape index (κ1) is 15.8. The molecule has 1 aromatic rings. The third kappa shape index (κ3) is 4.43. The van der Waals surface area contributed by atoms with E-state index in [-0.39, 0.29) is 0 Å². The lowest BCUT2D eigenvalue weighted by Gasteiger charge is -2.33. The number of aromatic nitrogens is 1. The Morgan fingerprint density at radius 1 is 1.43 bits per heavy atom. The van der Waals surface area contributed by atoms with Crippen LogP contribution < -0.4 is 5.32 Å². The number of amides is 1. The number of ether oxygens (including phenoxy) is 1. The molecule has 1 fully saturated rings. The number of likely N-dealkylation sites (tertiary alicyclic amines) is 1. The highest BCUT2D eigenvalue weighted by atomic mass is 16.6. The highest BCUT2D eigenvalue weighted by Gasteiger charge is 2.25. The molecule has 0 unspecified atom stereocenters. The standard InChI is InChI=1S/C16H25N3O2/c1-16(2,3)21-15(20)18-14-12(8-7-10-17-14)13-9-5-6-11-19(13)4/h7-8,10,13H,5-6,9,11H2,1-4H3,(H,17,18,20)/t13-/m1/s1. The highest BCUT2D eigenvalue weighted by Crippen LogP contribution is 2.32. The number of hydrogen-bond acceptors (Lipinski definition) is 4. The molecular weight excluding hydrogens is 266 g/mol. The summed E-state index contributed by atoms with van der Waals surface area (Å²) in [6.45, 7) is 6.62. The molecule has 21 heavy (non-hydrogen) atoms. The van der Waals surface area contributed by atoms with Crippen LogP contribution in [0.2, 0.25) is 0 Å².